The zero-order valence-corrected chi connectivity index (χ0v) is 14.5. The van der Waals surface area contributed by atoms with Crippen molar-refractivity contribution in [3.63, 3.8) is 0 Å². The Kier molecular flexibility index (Phi) is 5.25. The van der Waals surface area contributed by atoms with Gasteiger partial charge in [0.15, 0.2) is 5.03 Å². The van der Waals surface area contributed by atoms with Gasteiger partial charge in [0.2, 0.25) is 0 Å². The van der Waals surface area contributed by atoms with Crippen LogP contribution in [0.3, 0.4) is 0 Å². The second kappa shape index (κ2) is 6.58. The first kappa shape index (κ1) is 16.0. The maximum Gasteiger partial charge on any atom is 0.262 e. The molecular weight excluding hydrogens is 342 g/mol. The molecule has 0 amide bonds. The zero-order valence-electron chi connectivity index (χ0n) is 12.0. The summed E-state index contributed by atoms with van der Waals surface area (Å²) in [4.78, 5) is 4.24. The average molecular weight is 364 g/mol. The average Bonchev–Trinajstić information content (AvgIpc) is 2.73. The molecule has 5 nitrogen and oxygen atoms in total. The number of sulfonamides is 1. The molecule has 0 atom stereocenters. The van der Waals surface area contributed by atoms with Crippen LogP contribution in [-0.4, -0.2) is 40.2 Å². The highest BCUT2D eigenvalue weighted by Crippen LogP contribution is 2.30. The maximum absolute atomic E-state index is 12.8. The molecule has 0 bridgehead atoms. The van der Waals surface area contributed by atoms with Gasteiger partial charge in [-0.3, -0.25) is 0 Å². The molecule has 7 heteroatoms. The number of alkyl halides is 1. The third-order valence-corrected chi connectivity index (χ3v) is 6.25. The van der Waals surface area contributed by atoms with Gasteiger partial charge in [0.25, 0.3) is 10.0 Å². The van der Waals surface area contributed by atoms with Crippen LogP contribution < -0.4 is 0 Å². The van der Waals surface area contributed by atoms with E-state index in [0.717, 1.165) is 43.4 Å². The molecule has 0 unspecified atom stereocenters. The van der Waals surface area contributed by atoms with Gasteiger partial charge >= 0.3 is 0 Å². The van der Waals surface area contributed by atoms with E-state index in [1.165, 1.54) is 0 Å². The number of halogens is 1. The van der Waals surface area contributed by atoms with Crippen LogP contribution in [0.4, 0.5) is 0 Å². The lowest BCUT2D eigenvalue weighted by atomic mass is 9.93. The monoisotopic (exact) mass is 363 g/mol. The first-order valence-electron chi connectivity index (χ1n) is 7.12. The van der Waals surface area contributed by atoms with Gasteiger partial charge in [-0.15, -0.1) is 0 Å². The van der Waals surface area contributed by atoms with E-state index in [-0.39, 0.29) is 11.1 Å². The Balaban J connectivity index is 2.28. The number of nitrogens with zero attached hydrogens (tertiary/aromatic N) is 3. The third kappa shape index (κ3) is 3.09. The quantitative estimate of drug-likeness (QED) is 0.699. The Morgan fingerprint density at radius 1 is 1.50 bits per heavy atom. The van der Waals surface area contributed by atoms with Gasteiger partial charge < -0.3 is 4.57 Å². The van der Waals surface area contributed by atoms with E-state index in [2.05, 4.69) is 20.9 Å². The molecule has 1 fully saturated rings. The van der Waals surface area contributed by atoms with Gasteiger partial charge in [-0.05, 0) is 33.1 Å². The summed E-state index contributed by atoms with van der Waals surface area (Å²) in [5, 5.41) is 1.01. The fraction of sp³-hybridized carbons (Fsp3) is 0.769. The summed E-state index contributed by atoms with van der Waals surface area (Å²) in [5.74, 6) is 0.750. The summed E-state index contributed by atoms with van der Waals surface area (Å²) < 4.78 is 29.1. The number of aromatic nitrogens is 2. The van der Waals surface area contributed by atoms with Crippen molar-refractivity contribution >= 4 is 26.0 Å². The van der Waals surface area contributed by atoms with Crippen LogP contribution in [-0.2, 0) is 16.6 Å². The van der Waals surface area contributed by atoms with Gasteiger partial charge in [-0.1, -0.05) is 22.4 Å². The number of aryl methyl sites for hydroxylation is 2. The predicted octanol–water partition coefficient (Wildman–Crippen LogP) is 2.54. The molecule has 0 spiro atoms. The SMILES string of the molecule is CCn1cc(S(=O)(=O)N(CCCBr)C2CCC2)nc1C. The fourth-order valence-electron chi connectivity index (χ4n) is 2.43. The van der Waals surface area contributed by atoms with Crippen molar-refractivity contribution in [1.82, 2.24) is 13.9 Å². The highest BCUT2D eigenvalue weighted by atomic mass is 79.9. The lowest BCUT2D eigenvalue weighted by Gasteiger charge is -2.35. The van der Waals surface area contributed by atoms with Gasteiger partial charge in [0.05, 0.1) is 0 Å². The minimum atomic E-state index is -3.46. The smallest absolute Gasteiger partial charge is 0.262 e. The van der Waals surface area contributed by atoms with Gasteiger partial charge in [-0.2, -0.15) is 4.31 Å². The van der Waals surface area contributed by atoms with Crippen LogP contribution in [0.2, 0.25) is 0 Å². The molecule has 0 N–H and O–H groups in total. The molecule has 2 rings (SSSR count). The largest absolute Gasteiger partial charge is 0.334 e. The summed E-state index contributed by atoms with van der Waals surface area (Å²) in [5.41, 5.74) is 0. The van der Waals surface area contributed by atoms with Crippen molar-refractivity contribution < 1.29 is 8.42 Å². The van der Waals surface area contributed by atoms with E-state index in [1.54, 1.807) is 10.5 Å². The Hall–Kier alpha value is -0.400. The normalized spacial score (nSPS) is 16.6. The van der Waals surface area contributed by atoms with Crippen LogP contribution in [0.25, 0.3) is 0 Å². The molecule has 1 aromatic heterocycles. The molecule has 114 valence electrons. The molecule has 0 radical (unpaired) electrons. The van der Waals surface area contributed by atoms with Crippen LogP contribution in [0.5, 0.6) is 0 Å². The van der Waals surface area contributed by atoms with E-state index in [1.807, 2.05) is 18.4 Å². The van der Waals surface area contributed by atoms with E-state index in [4.69, 9.17) is 0 Å². The van der Waals surface area contributed by atoms with Crippen LogP contribution in [0, 0.1) is 6.92 Å². The maximum atomic E-state index is 12.8. The van der Waals surface area contributed by atoms with E-state index in [0.29, 0.717) is 6.54 Å². The van der Waals surface area contributed by atoms with Gasteiger partial charge in [0, 0.05) is 30.7 Å². The molecule has 1 heterocycles. The van der Waals surface area contributed by atoms with Crippen molar-refractivity contribution in [1.29, 1.82) is 0 Å². The zero-order chi connectivity index (χ0) is 14.8. The minimum absolute atomic E-state index is 0.158. The summed E-state index contributed by atoms with van der Waals surface area (Å²) in [6.07, 6.45) is 5.53. The van der Waals surface area contributed by atoms with Crippen molar-refractivity contribution in [2.24, 2.45) is 0 Å². The lowest BCUT2D eigenvalue weighted by Crippen LogP contribution is -2.44. The summed E-state index contributed by atoms with van der Waals surface area (Å²) >= 11 is 3.38. The van der Waals surface area contributed by atoms with E-state index in [9.17, 15) is 8.42 Å². The van der Waals surface area contributed by atoms with Crippen molar-refractivity contribution in [3.05, 3.63) is 12.0 Å². The fourth-order valence-corrected chi connectivity index (χ4v) is 4.40. The van der Waals surface area contributed by atoms with Crippen LogP contribution >= 0.6 is 15.9 Å². The Bertz CT molecular complexity index is 552. The topological polar surface area (TPSA) is 55.2 Å². The molecule has 0 aliphatic heterocycles. The lowest BCUT2D eigenvalue weighted by molar-refractivity contribution is 0.219. The third-order valence-electron chi connectivity index (χ3n) is 3.86. The summed E-state index contributed by atoms with van der Waals surface area (Å²) in [7, 11) is -3.46. The van der Waals surface area contributed by atoms with E-state index < -0.39 is 10.0 Å². The van der Waals surface area contributed by atoms with Gasteiger partial charge in [-0.25, -0.2) is 13.4 Å². The van der Waals surface area contributed by atoms with Crippen molar-refractivity contribution in [2.45, 2.75) is 57.1 Å². The second-order valence-corrected chi connectivity index (χ2v) is 7.79. The molecule has 0 aromatic carbocycles. The van der Waals surface area contributed by atoms with Gasteiger partial charge in [0.1, 0.15) is 5.82 Å². The number of hydrogen-bond donors (Lipinski definition) is 0. The molecule has 0 saturated heterocycles. The molecular formula is C13H22BrN3O2S. The van der Waals surface area contributed by atoms with Crippen molar-refractivity contribution in [3.8, 4) is 0 Å². The predicted molar refractivity (Wildman–Crippen MR) is 82.6 cm³/mol. The number of imidazole rings is 1. The molecule has 1 aliphatic carbocycles. The first-order chi connectivity index (χ1) is 9.50. The Morgan fingerprint density at radius 3 is 2.65 bits per heavy atom. The van der Waals surface area contributed by atoms with Crippen LogP contribution in [0.15, 0.2) is 11.2 Å². The van der Waals surface area contributed by atoms with E-state index >= 15 is 0 Å². The molecule has 1 saturated carbocycles. The number of hydrogen-bond acceptors (Lipinski definition) is 3. The molecule has 1 aromatic rings. The molecule has 20 heavy (non-hydrogen) atoms. The summed E-state index contributed by atoms with van der Waals surface area (Å²) in [6, 6.07) is 0.158. The van der Waals surface area contributed by atoms with Crippen LogP contribution in [0.1, 0.15) is 38.4 Å². The Labute approximate surface area is 129 Å². The minimum Gasteiger partial charge on any atom is -0.334 e. The highest BCUT2D eigenvalue weighted by molar-refractivity contribution is 9.09. The first-order valence-corrected chi connectivity index (χ1v) is 9.68. The van der Waals surface area contributed by atoms with Crippen molar-refractivity contribution in [2.75, 3.05) is 11.9 Å². The molecule has 1 aliphatic rings. The summed E-state index contributed by atoms with van der Waals surface area (Å²) in [6.45, 7) is 5.13. The Morgan fingerprint density at radius 2 is 2.20 bits per heavy atom. The second-order valence-electron chi connectivity index (χ2n) is 5.16. The standard InChI is InChI=1S/C13H22BrN3O2S/c1-3-16-10-13(15-11(16)2)20(18,19)17(9-5-8-14)12-6-4-7-12/h10,12H,3-9H2,1-2H3. The highest BCUT2D eigenvalue weighted by Gasteiger charge is 2.35. The number of rotatable bonds is 7.